The molecule has 1 aromatic rings. The van der Waals surface area contributed by atoms with Crippen LogP contribution < -0.4 is 10.1 Å². The number of nitrogens with one attached hydrogen (secondary N) is 1. The van der Waals surface area contributed by atoms with E-state index in [0.717, 1.165) is 39.0 Å². The first-order valence-corrected chi connectivity index (χ1v) is 11.0. The topological polar surface area (TPSA) is 82.2 Å². The van der Waals surface area contributed by atoms with Gasteiger partial charge in [-0.1, -0.05) is 6.42 Å². The van der Waals surface area contributed by atoms with E-state index in [1.165, 1.54) is 0 Å². The van der Waals surface area contributed by atoms with Gasteiger partial charge < -0.3 is 24.8 Å². The molecule has 1 aromatic carbocycles. The van der Waals surface area contributed by atoms with Crippen molar-refractivity contribution in [3.05, 3.63) is 29.8 Å². The predicted octanol–water partition coefficient (Wildman–Crippen LogP) is 1.22. The van der Waals surface area contributed by atoms with E-state index in [9.17, 15) is 14.4 Å². The fourth-order valence-electron chi connectivity index (χ4n) is 4.23. The maximum atomic E-state index is 13.0. The zero-order chi connectivity index (χ0) is 22.4. The zero-order valence-corrected chi connectivity index (χ0v) is 18.8. The predicted molar refractivity (Wildman–Crippen MR) is 118 cm³/mol. The normalized spacial score (nSPS) is 23.5. The van der Waals surface area contributed by atoms with E-state index in [0.29, 0.717) is 24.3 Å². The molecule has 2 saturated heterocycles. The molecule has 3 amide bonds. The maximum absolute atomic E-state index is 13.0. The first kappa shape index (κ1) is 23.1. The average molecular weight is 431 g/mol. The van der Waals surface area contributed by atoms with Gasteiger partial charge in [0, 0.05) is 63.7 Å². The molecule has 3 rings (SSSR count). The Balaban J connectivity index is 1.61. The molecule has 0 unspecified atom stereocenters. The molecule has 2 aliphatic rings. The van der Waals surface area contributed by atoms with Crippen LogP contribution in [0.3, 0.4) is 0 Å². The minimum atomic E-state index is -0.283. The number of rotatable bonds is 4. The van der Waals surface area contributed by atoms with Gasteiger partial charge in [0.05, 0.1) is 7.11 Å². The lowest BCUT2D eigenvalue weighted by atomic mass is 9.95. The molecule has 2 atom stereocenters. The van der Waals surface area contributed by atoms with Crippen LogP contribution >= 0.6 is 0 Å². The number of amides is 3. The van der Waals surface area contributed by atoms with Crippen LogP contribution in [0.4, 0.5) is 0 Å². The van der Waals surface area contributed by atoms with Crippen molar-refractivity contribution >= 4 is 17.7 Å². The molecule has 2 fully saturated rings. The van der Waals surface area contributed by atoms with Crippen molar-refractivity contribution in [3.63, 3.8) is 0 Å². The number of carbonyl (C=O) groups is 3. The molecule has 31 heavy (non-hydrogen) atoms. The van der Waals surface area contributed by atoms with E-state index in [2.05, 4.69) is 17.3 Å². The second-order valence-corrected chi connectivity index (χ2v) is 8.63. The summed E-state index contributed by atoms with van der Waals surface area (Å²) < 4.78 is 5.14. The van der Waals surface area contributed by atoms with Crippen LogP contribution in [-0.4, -0.2) is 92.4 Å². The smallest absolute Gasteiger partial charge is 0.251 e. The van der Waals surface area contributed by atoms with Crippen LogP contribution in [-0.2, 0) is 9.59 Å². The molecule has 0 aliphatic carbocycles. The van der Waals surface area contributed by atoms with Crippen molar-refractivity contribution < 1.29 is 19.1 Å². The summed E-state index contributed by atoms with van der Waals surface area (Å²) in [7, 11) is 5.39. The van der Waals surface area contributed by atoms with Crippen LogP contribution in [0.15, 0.2) is 24.3 Å². The Morgan fingerprint density at radius 2 is 1.71 bits per heavy atom. The summed E-state index contributed by atoms with van der Waals surface area (Å²) in [6.45, 7) is 3.61. The number of piperazine rings is 1. The third-order valence-electron chi connectivity index (χ3n) is 6.30. The molecule has 2 heterocycles. The molecule has 1 N–H and O–H groups in total. The molecular weight excluding hydrogens is 396 g/mol. The van der Waals surface area contributed by atoms with Gasteiger partial charge in [0.2, 0.25) is 11.8 Å². The van der Waals surface area contributed by atoms with Crippen LogP contribution in [0.5, 0.6) is 5.75 Å². The standard InChI is InChI=1S/C23H34N4O4/c1-25-11-13-27(14-12-25)23(30)18-5-4-6-19(16-26(2)21(28)15-18)24-22(29)17-7-9-20(31-3)10-8-17/h7-10,18-19H,4-6,11-16H2,1-3H3,(H,24,29)/t18-,19-/m1/s1. The first-order chi connectivity index (χ1) is 14.9. The van der Waals surface area contributed by atoms with Gasteiger partial charge in [-0.15, -0.1) is 0 Å². The van der Waals surface area contributed by atoms with E-state index < -0.39 is 0 Å². The summed E-state index contributed by atoms with van der Waals surface area (Å²) in [6.07, 6.45) is 2.42. The third-order valence-corrected chi connectivity index (χ3v) is 6.30. The number of nitrogens with zero attached hydrogens (tertiary/aromatic N) is 3. The molecular formula is C23H34N4O4. The number of likely N-dealkylation sites (N-methyl/N-ethyl adjacent to an activating group) is 2. The fourth-order valence-corrected chi connectivity index (χ4v) is 4.23. The highest BCUT2D eigenvalue weighted by molar-refractivity contribution is 5.94. The lowest BCUT2D eigenvalue weighted by molar-refractivity contribution is -0.142. The Morgan fingerprint density at radius 3 is 2.35 bits per heavy atom. The number of ether oxygens (including phenoxy) is 1. The minimum Gasteiger partial charge on any atom is -0.497 e. The Labute approximate surface area is 184 Å². The summed E-state index contributed by atoms with van der Waals surface area (Å²) in [5.74, 6) is 0.293. The van der Waals surface area contributed by atoms with Gasteiger partial charge in [0.1, 0.15) is 5.75 Å². The number of benzene rings is 1. The Morgan fingerprint density at radius 1 is 1.03 bits per heavy atom. The Kier molecular flexibility index (Phi) is 7.90. The van der Waals surface area contributed by atoms with Gasteiger partial charge in [-0.3, -0.25) is 14.4 Å². The van der Waals surface area contributed by atoms with E-state index >= 15 is 0 Å². The van der Waals surface area contributed by atoms with E-state index in [1.807, 2.05) is 4.90 Å². The molecule has 0 spiro atoms. The largest absolute Gasteiger partial charge is 0.497 e. The molecule has 2 aliphatic heterocycles. The average Bonchev–Trinajstić information content (AvgIpc) is 2.84. The lowest BCUT2D eigenvalue weighted by Crippen LogP contribution is -2.49. The summed E-state index contributed by atoms with van der Waals surface area (Å²) in [5, 5.41) is 3.06. The van der Waals surface area contributed by atoms with E-state index in [4.69, 9.17) is 4.74 Å². The Bertz CT molecular complexity index is 774. The van der Waals surface area contributed by atoms with Crippen LogP contribution in [0, 0.1) is 5.92 Å². The zero-order valence-electron chi connectivity index (χ0n) is 18.8. The quantitative estimate of drug-likeness (QED) is 0.777. The van der Waals surface area contributed by atoms with Crippen molar-refractivity contribution in [1.82, 2.24) is 20.0 Å². The monoisotopic (exact) mass is 430 g/mol. The molecule has 0 bridgehead atoms. The Hall–Kier alpha value is -2.61. The van der Waals surface area contributed by atoms with Gasteiger partial charge in [0.15, 0.2) is 0 Å². The molecule has 0 aromatic heterocycles. The van der Waals surface area contributed by atoms with Gasteiger partial charge in [-0.25, -0.2) is 0 Å². The number of hydrogen-bond acceptors (Lipinski definition) is 5. The van der Waals surface area contributed by atoms with Crippen molar-refractivity contribution in [2.24, 2.45) is 5.92 Å². The second kappa shape index (κ2) is 10.6. The maximum Gasteiger partial charge on any atom is 0.251 e. The van der Waals surface area contributed by atoms with E-state index in [-0.39, 0.29) is 36.1 Å². The van der Waals surface area contributed by atoms with Crippen LogP contribution in [0.25, 0.3) is 0 Å². The molecule has 0 saturated carbocycles. The van der Waals surface area contributed by atoms with Crippen molar-refractivity contribution in [3.8, 4) is 5.75 Å². The highest BCUT2D eigenvalue weighted by Crippen LogP contribution is 2.22. The highest BCUT2D eigenvalue weighted by atomic mass is 16.5. The summed E-state index contributed by atoms with van der Waals surface area (Å²) in [4.78, 5) is 44.2. The fraction of sp³-hybridized carbons (Fsp3) is 0.609. The summed E-state index contributed by atoms with van der Waals surface area (Å²) in [6, 6.07) is 6.80. The third kappa shape index (κ3) is 6.19. The van der Waals surface area contributed by atoms with E-state index in [1.54, 1.807) is 43.3 Å². The minimum absolute atomic E-state index is 0.0435. The van der Waals surface area contributed by atoms with Crippen molar-refractivity contribution in [2.75, 3.05) is 53.9 Å². The molecule has 170 valence electrons. The number of carbonyl (C=O) groups excluding carboxylic acids is 3. The number of methoxy groups -OCH3 is 1. The number of hydrogen-bond donors (Lipinski definition) is 1. The second-order valence-electron chi connectivity index (χ2n) is 8.63. The first-order valence-electron chi connectivity index (χ1n) is 11.0. The SMILES string of the molecule is COc1ccc(C(=O)N[C@@H]2CCC[C@@H](C(=O)N3CCN(C)CC3)CC(=O)N(C)C2)cc1. The molecule has 0 radical (unpaired) electrons. The van der Waals surface area contributed by atoms with Gasteiger partial charge in [0.25, 0.3) is 5.91 Å². The van der Waals surface area contributed by atoms with Crippen LogP contribution in [0.2, 0.25) is 0 Å². The summed E-state index contributed by atoms with van der Waals surface area (Å²) >= 11 is 0. The van der Waals surface area contributed by atoms with Crippen molar-refractivity contribution in [1.29, 1.82) is 0 Å². The summed E-state index contributed by atoms with van der Waals surface area (Å²) in [5.41, 5.74) is 0.553. The van der Waals surface area contributed by atoms with Crippen molar-refractivity contribution in [2.45, 2.75) is 31.7 Å². The highest BCUT2D eigenvalue weighted by Gasteiger charge is 2.31. The van der Waals surface area contributed by atoms with Gasteiger partial charge in [-0.05, 0) is 44.2 Å². The van der Waals surface area contributed by atoms with Gasteiger partial charge >= 0.3 is 0 Å². The molecule has 8 heteroatoms. The molecule has 8 nitrogen and oxygen atoms in total. The van der Waals surface area contributed by atoms with Gasteiger partial charge in [-0.2, -0.15) is 0 Å². The lowest BCUT2D eigenvalue weighted by Gasteiger charge is -2.34. The van der Waals surface area contributed by atoms with Crippen LogP contribution in [0.1, 0.15) is 36.0 Å².